The van der Waals surface area contributed by atoms with Gasteiger partial charge in [0.05, 0.1) is 7.11 Å². The minimum absolute atomic E-state index is 0.177. The summed E-state index contributed by atoms with van der Waals surface area (Å²) in [6.07, 6.45) is 0.570. The Labute approximate surface area is 84.6 Å². The van der Waals surface area contributed by atoms with Gasteiger partial charge in [0.1, 0.15) is 5.75 Å². The van der Waals surface area contributed by atoms with E-state index in [0.29, 0.717) is 0 Å². The van der Waals surface area contributed by atoms with E-state index in [0.717, 1.165) is 12.2 Å². The van der Waals surface area contributed by atoms with E-state index in [-0.39, 0.29) is 6.29 Å². The molecule has 1 aromatic carbocycles. The number of ether oxygens (including phenoxy) is 3. The van der Waals surface area contributed by atoms with Gasteiger partial charge in [-0.3, -0.25) is 0 Å². The summed E-state index contributed by atoms with van der Waals surface area (Å²) >= 11 is 0. The van der Waals surface area contributed by atoms with E-state index in [4.69, 9.17) is 14.2 Å². The van der Waals surface area contributed by atoms with Gasteiger partial charge in [-0.1, -0.05) is 12.1 Å². The first-order chi connectivity index (χ1) is 6.80. The third-order valence-electron chi connectivity index (χ3n) is 2.09. The summed E-state index contributed by atoms with van der Waals surface area (Å²) in [7, 11) is 4.93. The minimum atomic E-state index is -0.177. The van der Waals surface area contributed by atoms with Gasteiger partial charge in [0.2, 0.25) is 0 Å². The number of hydrogen-bond acceptors (Lipinski definition) is 3. The predicted octanol–water partition coefficient (Wildman–Crippen LogP) is 1.86. The van der Waals surface area contributed by atoms with Gasteiger partial charge in [-0.25, -0.2) is 0 Å². The van der Waals surface area contributed by atoms with E-state index >= 15 is 0 Å². The summed E-state index contributed by atoms with van der Waals surface area (Å²) in [4.78, 5) is 0. The van der Waals surface area contributed by atoms with Gasteiger partial charge in [0, 0.05) is 20.6 Å². The van der Waals surface area contributed by atoms with Crippen molar-refractivity contribution in [1.82, 2.24) is 0 Å². The van der Waals surface area contributed by atoms with Crippen molar-refractivity contribution in [3.63, 3.8) is 0 Å². The summed E-state index contributed by atoms with van der Waals surface area (Å²) in [6, 6.07) is 7.86. The second-order valence-corrected chi connectivity index (χ2v) is 2.95. The highest BCUT2D eigenvalue weighted by atomic mass is 16.7. The summed E-state index contributed by atoms with van der Waals surface area (Å²) in [5.41, 5.74) is 1.17. The number of hydrogen-bond donors (Lipinski definition) is 0. The highest BCUT2D eigenvalue weighted by Crippen LogP contribution is 2.13. The average Bonchev–Trinajstić information content (AvgIpc) is 2.26. The van der Waals surface area contributed by atoms with Crippen LogP contribution in [-0.4, -0.2) is 27.6 Å². The molecule has 0 unspecified atom stereocenters. The van der Waals surface area contributed by atoms with Gasteiger partial charge in [-0.05, 0) is 17.7 Å². The average molecular weight is 196 g/mol. The van der Waals surface area contributed by atoms with Crippen molar-refractivity contribution in [2.75, 3.05) is 21.3 Å². The van der Waals surface area contributed by atoms with Crippen LogP contribution in [0.4, 0.5) is 0 Å². The lowest BCUT2D eigenvalue weighted by Crippen LogP contribution is -2.15. The molecular formula is C11H16O3. The van der Waals surface area contributed by atoms with Crippen molar-refractivity contribution in [1.29, 1.82) is 0 Å². The van der Waals surface area contributed by atoms with Crippen molar-refractivity contribution in [3.8, 4) is 5.75 Å². The standard InChI is InChI=1S/C11H16O3/c1-12-10-6-4-9(5-7-10)8-11(13-2)14-3/h4-7,11H,8H2,1-3H3. The molecule has 0 atom stereocenters. The van der Waals surface area contributed by atoms with Gasteiger partial charge >= 0.3 is 0 Å². The van der Waals surface area contributed by atoms with Crippen molar-refractivity contribution in [3.05, 3.63) is 29.8 Å². The van der Waals surface area contributed by atoms with E-state index in [1.165, 1.54) is 5.56 Å². The van der Waals surface area contributed by atoms with Crippen LogP contribution in [0.25, 0.3) is 0 Å². The lowest BCUT2D eigenvalue weighted by Gasteiger charge is -2.13. The zero-order valence-electron chi connectivity index (χ0n) is 8.82. The lowest BCUT2D eigenvalue weighted by molar-refractivity contribution is -0.100. The van der Waals surface area contributed by atoms with E-state index < -0.39 is 0 Å². The van der Waals surface area contributed by atoms with E-state index in [1.807, 2.05) is 24.3 Å². The van der Waals surface area contributed by atoms with Crippen molar-refractivity contribution in [2.45, 2.75) is 12.7 Å². The molecule has 0 amide bonds. The smallest absolute Gasteiger partial charge is 0.160 e. The molecule has 1 aromatic rings. The van der Waals surface area contributed by atoms with Crippen LogP contribution in [0.2, 0.25) is 0 Å². The zero-order chi connectivity index (χ0) is 10.4. The highest BCUT2D eigenvalue weighted by Gasteiger charge is 2.05. The summed E-state index contributed by atoms with van der Waals surface area (Å²) < 4.78 is 15.3. The number of methoxy groups -OCH3 is 3. The summed E-state index contributed by atoms with van der Waals surface area (Å²) in [5, 5.41) is 0. The van der Waals surface area contributed by atoms with Gasteiger partial charge in [0.25, 0.3) is 0 Å². The van der Waals surface area contributed by atoms with Gasteiger partial charge in [-0.2, -0.15) is 0 Å². The maximum atomic E-state index is 5.11. The normalized spacial score (nSPS) is 10.6. The van der Waals surface area contributed by atoms with Crippen molar-refractivity contribution in [2.24, 2.45) is 0 Å². The summed E-state index contributed by atoms with van der Waals surface area (Å²) in [6.45, 7) is 0. The molecule has 0 saturated carbocycles. The fourth-order valence-corrected chi connectivity index (χ4v) is 1.22. The molecule has 0 bridgehead atoms. The lowest BCUT2D eigenvalue weighted by atomic mass is 10.1. The van der Waals surface area contributed by atoms with E-state index in [1.54, 1.807) is 21.3 Å². The largest absolute Gasteiger partial charge is 0.497 e. The molecular weight excluding hydrogens is 180 g/mol. The molecule has 3 heteroatoms. The molecule has 0 fully saturated rings. The second-order valence-electron chi connectivity index (χ2n) is 2.95. The molecule has 0 saturated heterocycles. The van der Waals surface area contributed by atoms with E-state index in [2.05, 4.69) is 0 Å². The first-order valence-electron chi connectivity index (χ1n) is 4.48. The Kier molecular flexibility index (Phi) is 4.43. The number of benzene rings is 1. The third kappa shape index (κ3) is 3.01. The van der Waals surface area contributed by atoms with E-state index in [9.17, 15) is 0 Å². The Morgan fingerprint density at radius 2 is 1.57 bits per heavy atom. The molecule has 1 rings (SSSR count). The van der Waals surface area contributed by atoms with Crippen LogP contribution in [0, 0.1) is 0 Å². The third-order valence-corrected chi connectivity index (χ3v) is 2.09. The van der Waals surface area contributed by atoms with Crippen molar-refractivity contribution >= 4 is 0 Å². The van der Waals surface area contributed by atoms with Gasteiger partial charge < -0.3 is 14.2 Å². The Morgan fingerprint density at radius 3 is 2.00 bits per heavy atom. The topological polar surface area (TPSA) is 27.7 Å². The molecule has 14 heavy (non-hydrogen) atoms. The number of rotatable bonds is 5. The Morgan fingerprint density at radius 1 is 1.00 bits per heavy atom. The molecule has 0 aliphatic carbocycles. The van der Waals surface area contributed by atoms with Crippen LogP contribution >= 0.6 is 0 Å². The molecule has 0 aromatic heterocycles. The fourth-order valence-electron chi connectivity index (χ4n) is 1.22. The highest BCUT2D eigenvalue weighted by molar-refractivity contribution is 5.27. The molecule has 0 heterocycles. The second kappa shape index (κ2) is 5.62. The molecule has 0 spiro atoms. The Bertz CT molecular complexity index is 252. The van der Waals surface area contributed by atoms with Gasteiger partial charge in [0.15, 0.2) is 6.29 Å². The maximum absolute atomic E-state index is 5.11. The van der Waals surface area contributed by atoms with Crippen LogP contribution < -0.4 is 4.74 Å². The fraction of sp³-hybridized carbons (Fsp3) is 0.455. The van der Waals surface area contributed by atoms with Crippen molar-refractivity contribution < 1.29 is 14.2 Å². The summed E-state index contributed by atoms with van der Waals surface area (Å²) in [5.74, 6) is 0.861. The molecule has 3 nitrogen and oxygen atoms in total. The Hall–Kier alpha value is -1.06. The first kappa shape index (κ1) is 11.0. The van der Waals surface area contributed by atoms with Crippen LogP contribution in [0.3, 0.4) is 0 Å². The SMILES string of the molecule is COc1ccc(CC(OC)OC)cc1. The van der Waals surface area contributed by atoms with Crippen LogP contribution in [-0.2, 0) is 15.9 Å². The molecule has 78 valence electrons. The quantitative estimate of drug-likeness (QED) is 0.673. The maximum Gasteiger partial charge on any atom is 0.160 e. The molecule has 0 aliphatic heterocycles. The van der Waals surface area contributed by atoms with Gasteiger partial charge in [-0.15, -0.1) is 0 Å². The molecule has 0 aliphatic rings. The Balaban J connectivity index is 2.58. The van der Waals surface area contributed by atoms with Crippen LogP contribution in [0.5, 0.6) is 5.75 Å². The zero-order valence-corrected chi connectivity index (χ0v) is 8.82. The predicted molar refractivity (Wildman–Crippen MR) is 54.5 cm³/mol. The molecule has 0 N–H and O–H groups in total. The monoisotopic (exact) mass is 196 g/mol. The molecule has 0 radical (unpaired) electrons. The minimum Gasteiger partial charge on any atom is -0.497 e. The van der Waals surface area contributed by atoms with Crippen LogP contribution in [0.1, 0.15) is 5.56 Å². The first-order valence-corrected chi connectivity index (χ1v) is 4.48. The van der Waals surface area contributed by atoms with Crippen LogP contribution in [0.15, 0.2) is 24.3 Å².